The van der Waals surface area contributed by atoms with Gasteiger partial charge in [0.15, 0.2) is 0 Å². The van der Waals surface area contributed by atoms with Crippen LogP contribution in [-0.2, 0) is 9.59 Å². The van der Waals surface area contributed by atoms with E-state index in [1.807, 2.05) is 0 Å². The first-order chi connectivity index (χ1) is 9.02. The number of amides is 1. The van der Waals surface area contributed by atoms with Crippen LogP contribution in [0.25, 0.3) is 6.08 Å². The highest BCUT2D eigenvalue weighted by atomic mass is 16.4. The Morgan fingerprint density at radius 1 is 1.26 bits per heavy atom. The smallest absolute Gasteiger partial charge is 0.305 e. The minimum absolute atomic E-state index is 0.0629. The van der Waals surface area contributed by atoms with Gasteiger partial charge in [-0.15, -0.1) is 0 Å². The second-order valence-corrected chi connectivity index (χ2v) is 3.99. The molecule has 2 N–H and O–H groups in total. The summed E-state index contributed by atoms with van der Waals surface area (Å²) in [6, 6.07) is 6.44. The summed E-state index contributed by atoms with van der Waals surface area (Å²) in [4.78, 5) is 23.8. The minimum Gasteiger partial charge on any atom is -0.508 e. The van der Waals surface area contributed by atoms with Crippen LogP contribution in [0.5, 0.6) is 5.75 Å². The quantitative estimate of drug-likeness (QED) is 0.766. The molecular formula is C14H17NO4. The standard InChI is InChI=1S/C14H17NO4/c1-2-15(10-9-14(18)19)13(17)8-5-11-3-6-12(16)7-4-11/h3-8,16H,2,9-10H2,1H3,(H,18,19)/b8-5+. The van der Waals surface area contributed by atoms with Crippen molar-refractivity contribution in [2.24, 2.45) is 0 Å². The Kier molecular flexibility index (Phi) is 5.60. The summed E-state index contributed by atoms with van der Waals surface area (Å²) in [5.74, 6) is -0.981. The van der Waals surface area contributed by atoms with Crippen molar-refractivity contribution in [1.82, 2.24) is 4.90 Å². The van der Waals surface area contributed by atoms with Gasteiger partial charge in [-0.25, -0.2) is 0 Å². The minimum atomic E-state index is -0.922. The number of phenolic OH excluding ortho intramolecular Hbond substituents is 1. The van der Waals surface area contributed by atoms with Gasteiger partial charge in [0.05, 0.1) is 6.42 Å². The van der Waals surface area contributed by atoms with Crippen LogP contribution in [0, 0.1) is 0 Å². The van der Waals surface area contributed by atoms with Crippen LogP contribution in [0.3, 0.4) is 0 Å². The fourth-order valence-corrected chi connectivity index (χ4v) is 1.51. The molecule has 0 fully saturated rings. The Morgan fingerprint density at radius 2 is 1.89 bits per heavy atom. The van der Waals surface area contributed by atoms with Gasteiger partial charge in [-0.3, -0.25) is 9.59 Å². The van der Waals surface area contributed by atoms with Crippen LogP contribution in [0.2, 0.25) is 0 Å². The maximum Gasteiger partial charge on any atom is 0.305 e. The highest BCUT2D eigenvalue weighted by molar-refractivity contribution is 5.92. The molecule has 0 spiro atoms. The number of hydrogen-bond donors (Lipinski definition) is 2. The van der Waals surface area contributed by atoms with E-state index in [0.29, 0.717) is 6.54 Å². The lowest BCUT2D eigenvalue weighted by Crippen LogP contribution is -2.31. The first-order valence-corrected chi connectivity index (χ1v) is 6.00. The highest BCUT2D eigenvalue weighted by Gasteiger charge is 2.09. The summed E-state index contributed by atoms with van der Waals surface area (Å²) < 4.78 is 0. The summed E-state index contributed by atoms with van der Waals surface area (Å²) in [6.45, 7) is 2.46. The average molecular weight is 263 g/mol. The van der Waals surface area contributed by atoms with Gasteiger partial charge in [-0.1, -0.05) is 12.1 Å². The Balaban J connectivity index is 2.60. The van der Waals surface area contributed by atoms with Crippen molar-refractivity contribution in [1.29, 1.82) is 0 Å². The molecule has 0 unspecified atom stereocenters. The summed E-state index contributed by atoms with van der Waals surface area (Å²) in [7, 11) is 0. The number of carbonyl (C=O) groups is 2. The van der Waals surface area contributed by atoms with Gasteiger partial charge in [0.2, 0.25) is 5.91 Å². The van der Waals surface area contributed by atoms with Crippen LogP contribution >= 0.6 is 0 Å². The highest BCUT2D eigenvalue weighted by Crippen LogP contribution is 2.10. The van der Waals surface area contributed by atoms with E-state index in [1.54, 1.807) is 25.1 Å². The third-order valence-corrected chi connectivity index (χ3v) is 2.60. The molecule has 5 heteroatoms. The average Bonchev–Trinajstić information content (AvgIpc) is 2.38. The van der Waals surface area contributed by atoms with E-state index in [2.05, 4.69) is 0 Å². The van der Waals surface area contributed by atoms with Crippen molar-refractivity contribution in [3.05, 3.63) is 35.9 Å². The molecule has 0 saturated carbocycles. The molecule has 0 aromatic heterocycles. The summed E-state index contributed by atoms with van der Waals surface area (Å²) >= 11 is 0. The van der Waals surface area contributed by atoms with E-state index in [-0.39, 0.29) is 24.6 Å². The Morgan fingerprint density at radius 3 is 2.42 bits per heavy atom. The van der Waals surface area contributed by atoms with E-state index < -0.39 is 5.97 Å². The summed E-state index contributed by atoms with van der Waals surface area (Å²) in [6.07, 6.45) is 2.97. The fraction of sp³-hybridized carbons (Fsp3) is 0.286. The third-order valence-electron chi connectivity index (χ3n) is 2.60. The molecule has 0 atom stereocenters. The zero-order valence-corrected chi connectivity index (χ0v) is 10.7. The number of nitrogens with zero attached hydrogens (tertiary/aromatic N) is 1. The van der Waals surface area contributed by atoms with Gasteiger partial charge in [-0.2, -0.15) is 0 Å². The van der Waals surface area contributed by atoms with E-state index >= 15 is 0 Å². The van der Waals surface area contributed by atoms with E-state index in [1.165, 1.54) is 23.1 Å². The molecule has 1 aromatic rings. The zero-order valence-electron chi connectivity index (χ0n) is 10.7. The van der Waals surface area contributed by atoms with E-state index in [4.69, 9.17) is 10.2 Å². The molecule has 0 aliphatic carbocycles. The number of hydrogen-bond acceptors (Lipinski definition) is 3. The first-order valence-electron chi connectivity index (χ1n) is 6.00. The topological polar surface area (TPSA) is 77.8 Å². The maximum absolute atomic E-state index is 11.8. The molecule has 1 rings (SSSR count). The van der Waals surface area contributed by atoms with Crippen molar-refractivity contribution >= 4 is 18.0 Å². The predicted molar refractivity (Wildman–Crippen MR) is 71.6 cm³/mol. The Hall–Kier alpha value is -2.30. The fourth-order valence-electron chi connectivity index (χ4n) is 1.51. The molecule has 0 aliphatic rings. The second kappa shape index (κ2) is 7.20. The van der Waals surface area contributed by atoms with E-state index in [9.17, 15) is 9.59 Å². The maximum atomic E-state index is 11.8. The van der Waals surface area contributed by atoms with Crippen LogP contribution in [-0.4, -0.2) is 40.1 Å². The molecular weight excluding hydrogens is 246 g/mol. The molecule has 1 amide bonds. The number of aliphatic carboxylic acids is 1. The van der Waals surface area contributed by atoms with Crippen molar-refractivity contribution in [3.63, 3.8) is 0 Å². The summed E-state index contributed by atoms with van der Waals surface area (Å²) in [5.41, 5.74) is 0.792. The monoisotopic (exact) mass is 263 g/mol. The molecule has 0 bridgehead atoms. The number of benzene rings is 1. The van der Waals surface area contributed by atoms with Gasteiger partial charge >= 0.3 is 5.97 Å². The number of phenols is 1. The van der Waals surface area contributed by atoms with Crippen LogP contribution in [0.4, 0.5) is 0 Å². The number of carboxylic acid groups (broad SMARTS) is 1. The van der Waals surface area contributed by atoms with Gasteiger partial charge < -0.3 is 15.1 Å². The predicted octanol–water partition coefficient (Wildman–Crippen LogP) is 1.73. The van der Waals surface area contributed by atoms with Crippen LogP contribution in [0.15, 0.2) is 30.3 Å². The lowest BCUT2D eigenvalue weighted by Gasteiger charge is -2.17. The zero-order chi connectivity index (χ0) is 14.3. The van der Waals surface area contributed by atoms with Crippen molar-refractivity contribution < 1.29 is 19.8 Å². The number of carbonyl (C=O) groups excluding carboxylic acids is 1. The normalized spacial score (nSPS) is 10.6. The van der Waals surface area contributed by atoms with Crippen molar-refractivity contribution in [2.45, 2.75) is 13.3 Å². The van der Waals surface area contributed by atoms with Crippen molar-refractivity contribution in [3.8, 4) is 5.75 Å². The lowest BCUT2D eigenvalue weighted by molar-refractivity contribution is -0.137. The molecule has 19 heavy (non-hydrogen) atoms. The number of likely N-dealkylation sites (N-methyl/N-ethyl adjacent to an activating group) is 1. The molecule has 5 nitrogen and oxygen atoms in total. The molecule has 1 aromatic carbocycles. The SMILES string of the molecule is CCN(CCC(=O)O)C(=O)/C=C/c1ccc(O)cc1. The van der Waals surface area contributed by atoms with Gasteiger partial charge in [0, 0.05) is 19.2 Å². The van der Waals surface area contributed by atoms with Crippen molar-refractivity contribution in [2.75, 3.05) is 13.1 Å². The Labute approximate surface area is 111 Å². The Bertz CT molecular complexity index is 465. The second-order valence-electron chi connectivity index (χ2n) is 3.99. The van der Waals surface area contributed by atoms with Gasteiger partial charge in [0.25, 0.3) is 0 Å². The third kappa shape index (κ3) is 5.25. The molecule has 0 saturated heterocycles. The molecule has 0 aliphatic heterocycles. The largest absolute Gasteiger partial charge is 0.508 e. The van der Waals surface area contributed by atoms with Gasteiger partial charge in [0.1, 0.15) is 5.75 Å². The lowest BCUT2D eigenvalue weighted by atomic mass is 10.2. The number of rotatable bonds is 6. The number of carboxylic acids is 1. The van der Waals surface area contributed by atoms with Crippen LogP contribution in [0.1, 0.15) is 18.9 Å². The van der Waals surface area contributed by atoms with Crippen LogP contribution < -0.4 is 0 Å². The van der Waals surface area contributed by atoms with E-state index in [0.717, 1.165) is 5.56 Å². The molecule has 0 heterocycles. The number of aromatic hydroxyl groups is 1. The molecule has 0 radical (unpaired) electrons. The van der Waals surface area contributed by atoms with Gasteiger partial charge in [-0.05, 0) is 30.7 Å². The summed E-state index contributed by atoms with van der Waals surface area (Å²) in [5, 5.41) is 17.7. The molecule has 102 valence electrons. The first kappa shape index (κ1) is 14.8.